The highest BCUT2D eigenvalue weighted by Gasteiger charge is 2.41. The van der Waals surface area contributed by atoms with Crippen LogP contribution in [-0.2, 0) is 4.74 Å². The predicted molar refractivity (Wildman–Crippen MR) is 57.2 cm³/mol. The Morgan fingerprint density at radius 3 is 2.64 bits per heavy atom. The molecule has 2 rings (SSSR count). The summed E-state index contributed by atoms with van der Waals surface area (Å²) in [6.07, 6.45) is 4.91. The van der Waals surface area contributed by atoms with Crippen molar-refractivity contribution in [3.8, 4) is 0 Å². The number of nitrogens with zero attached hydrogens (tertiary/aromatic N) is 1. The molecular formula is C11H22N2O. The van der Waals surface area contributed by atoms with Gasteiger partial charge in [-0.1, -0.05) is 0 Å². The van der Waals surface area contributed by atoms with E-state index in [0.29, 0.717) is 0 Å². The highest BCUT2D eigenvalue weighted by molar-refractivity contribution is 4.97. The molecule has 2 aliphatic rings. The summed E-state index contributed by atoms with van der Waals surface area (Å²) in [6.45, 7) is 6.14. The molecule has 2 fully saturated rings. The fraction of sp³-hybridized carbons (Fsp3) is 1.00. The molecule has 0 aromatic carbocycles. The van der Waals surface area contributed by atoms with Gasteiger partial charge in [-0.2, -0.15) is 0 Å². The molecule has 2 aliphatic heterocycles. The van der Waals surface area contributed by atoms with E-state index in [4.69, 9.17) is 10.5 Å². The monoisotopic (exact) mass is 198 g/mol. The van der Waals surface area contributed by atoms with Crippen LogP contribution < -0.4 is 5.73 Å². The molecule has 0 spiro atoms. The van der Waals surface area contributed by atoms with Crippen LogP contribution in [0.3, 0.4) is 0 Å². The lowest BCUT2D eigenvalue weighted by Gasteiger charge is -2.46. The average molecular weight is 198 g/mol. The van der Waals surface area contributed by atoms with Gasteiger partial charge in [0.2, 0.25) is 0 Å². The lowest BCUT2D eigenvalue weighted by Crippen LogP contribution is -2.57. The van der Waals surface area contributed by atoms with E-state index in [1.54, 1.807) is 0 Å². The van der Waals surface area contributed by atoms with E-state index in [1.807, 2.05) is 0 Å². The molecule has 82 valence electrons. The largest absolute Gasteiger partial charge is 0.381 e. The maximum absolute atomic E-state index is 5.98. The Bertz CT molecular complexity index is 190. The summed E-state index contributed by atoms with van der Waals surface area (Å²) in [6, 6.07) is 0.719. The van der Waals surface area contributed by atoms with Crippen LogP contribution in [0.15, 0.2) is 0 Å². The zero-order chi connectivity index (χ0) is 10.0. The van der Waals surface area contributed by atoms with Crippen molar-refractivity contribution in [2.45, 2.75) is 44.2 Å². The van der Waals surface area contributed by atoms with E-state index >= 15 is 0 Å². The van der Waals surface area contributed by atoms with Gasteiger partial charge in [0.05, 0.1) is 0 Å². The molecule has 2 saturated heterocycles. The molecule has 1 atom stereocenters. The summed E-state index contributed by atoms with van der Waals surface area (Å²) in [5.41, 5.74) is 6.24. The van der Waals surface area contributed by atoms with Crippen LogP contribution in [0.4, 0.5) is 0 Å². The number of ether oxygens (including phenoxy) is 1. The summed E-state index contributed by atoms with van der Waals surface area (Å²) in [5, 5.41) is 0. The van der Waals surface area contributed by atoms with E-state index in [0.717, 1.165) is 38.6 Å². The first-order chi connectivity index (χ1) is 6.78. The number of nitrogens with two attached hydrogens (primary N) is 1. The van der Waals surface area contributed by atoms with Crippen LogP contribution in [0.5, 0.6) is 0 Å². The minimum absolute atomic E-state index is 0.258. The minimum Gasteiger partial charge on any atom is -0.381 e. The Balaban J connectivity index is 2.09. The van der Waals surface area contributed by atoms with Crippen LogP contribution in [-0.4, -0.2) is 42.8 Å². The van der Waals surface area contributed by atoms with Crippen LogP contribution in [0, 0.1) is 0 Å². The Morgan fingerprint density at radius 2 is 2.14 bits per heavy atom. The summed E-state index contributed by atoms with van der Waals surface area (Å²) >= 11 is 0. The molecule has 2 N–H and O–H groups in total. The quantitative estimate of drug-likeness (QED) is 0.719. The number of hydrogen-bond donors (Lipinski definition) is 1. The van der Waals surface area contributed by atoms with Crippen LogP contribution in [0.1, 0.15) is 32.6 Å². The first kappa shape index (κ1) is 10.4. The normalized spacial score (nSPS) is 33.4. The Labute approximate surface area is 86.6 Å². The van der Waals surface area contributed by atoms with Gasteiger partial charge < -0.3 is 10.5 Å². The molecule has 14 heavy (non-hydrogen) atoms. The van der Waals surface area contributed by atoms with Gasteiger partial charge in [-0.3, -0.25) is 4.90 Å². The Kier molecular flexibility index (Phi) is 3.10. The summed E-state index contributed by atoms with van der Waals surface area (Å²) in [7, 11) is 0. The maximum atomic E-state index is 5.98. The van der Waals surface area contributed by atoms with Gasteiger partial charge >= 0.3 is 0 Å². The van der Waals surface area contributed by atoms with Crippen molar-refractivity contribution in [3.05, 3.63) is 0 Å². The smallest absolute Gasteiger partial charge is 0.0484 e. The van der Waals surface area contributed by atoms with E-state index in [9.17, 15) is 0 Å². The van der Waals surface area contributed by atoms with Gasteiger partial charge in [-0.05, 0) is 39.2 Å². The van der Waals surface area contributed by atoms with Gasteiger partial charge in [0, 0.05) is 31.3 Å². The highest BCUT2D eigenvalue weighted by atomic mass is 16.5. The van der Waals surface area contributed by atoms with Crippen molar-refractivity contribution < 1.29 is 4.74 Å². The molecule has 0 bridgehead atoms. The van der Waals surface area contributed by atoms with E-state index < -0.39 is 0 Å². The Morgan fingerprint density at radius 1 is 1.43 bits per heavy atom. The fourth-order valence-corrected chi connectivity index (χ4v) is 3.00. The third-order valence-electron chi connectivity index (χ3n) is 3.97. The number of likely N-dealkylation sites (tertiary alicyclic amines) is 1. The molecule has 0 radical (unpaired) electrons. The highest BCUT2D eigenvalue weighted by Crippen LogP contribution is 2.33. The van der Waals surface area contributed by atoms with Crippen molar-refractivity contribution in [2.24, 2.45) is 5.73 Å². The molecular weight excluding hydrogens is 176 g/mol. The van der Waals surface area contributed by atoms with Gasteiger partial charge in [0.25, 0.3) is 0 Å². The number of hydrogen-bond acceptors (Lipinski definition) is 3. The molecule has 1 unspecified atom stereocenters. The third kappa shape index (κ3) is 1.69. The lowest BCUT2D eigenvalue weighted by atomic mass is 9.87. The van der Waals surface area contributed by atoms with Crippen LogP contribution in [0.2, 0.25) is 0 Å². The third-order valence-corrected chi connectivity index (χ3v) is 3.97. The standard InChI is InChI=1S/C11H22N2O/c1-10-3-2-6-13(10)11(9-12)4-7-14-8-5-11/h10H,2-9,12H2,1H3. The van der Waals surface area contributed by atoms with Gasteiger partial charge in [0.15, 0.2) is 0 Å². The molecule has 2 heterocycles. The summed E-state index contributed by atoms with van der Waals surface area (Å²) < 4.78 is 5.44. The Hall–Kier alpha value is -0.120. The van der Waals surface area contributed by atoms with Crippen molar-refractivity contribution in [2.75, 3.05) is 26.3 Å². The van der Waals surface area contributed by atoms with Crippen molar-refractivity contribution in [1.82, 2.24) is 4.90 Å². The maximum Gasteiger partial charge on any atom is 0.0484 e. The molecule has 3 nitrogen and oxygen atoms in total. The van der Waals surface area contributed by atoms with Crippen LogP contribution in [0.25, 0.3) is 0 Å². The topological polar surface area (TPSA) is 38.5 Å². The van der Waals surface area contributed by atoms with Crippen molar-refractivity contribution in [1.29, 1.82) is 0 Å². The fourth-order valence-electron chi connectivity index (χ4n) is 3.00. The molecule has 3 heteroatoms. The van der Waals surface area contributed by atoms with E-state index in [-0.39, 0.29) is 5.54 Å². The van der Waals surface area contributed by atoms with E-state index in [1.165, 1.54) is 19.4 Å². The van der Waals surface area contributed by atoms with Gasteiger partial charge in [-0.25, -0.2) is 0 Å². The summed E-state index contributed by atoms with van der Waals surface area (Å²) in [4.78, 5) is 2.63. The minimum atomic E-state index is 0.258. The number of rotatable bonds is 2. The molecule has 0 saturated carbocycles. The first-order valence-corrected chi connectivity index (χ1v) is 5.83. The zero-order valence-corrected chi connectivity index (χ0v) is 9.17. The molecule has 0 amide bonds. The summed E-state index contributed by atoms with van der Waals surface area (Å²) in [5.74, 6) is 0. The van der Waals surface area contributed by atoms with Crippen molar-refractivity contribution in [3.63, 3.8) is 0 Å². The predicted octanol–water partition coefficient (Wildman–Crippen LogP) is 0.979. The van der Waals surface area contributed by atoms with Gasteiger partial charge in [0.1, 0.15) is 0 Å². The van der Waals surface area contributed by atoms with E-state index in [2.05, 4.69) is 11.8 Å². The van der Waals surface area contributed by atoms with Gasteiger partial charge in [-0.15, -0.1) is 0 Å². The van der Waals surface area contributed by atoms with Crippen molar-refractivity contribution >= 4 is 0 Å². The average Bonchev–Trinajstić information content (AvgIpc) is 2.66. The molecule has 0 aromatic heterocycles. The second-order valence-corrected chi connectivity index (χ2v) is 4.73. The second-order valence-electron chi connectivity index (χ2n) is 4.73. The second kappa shape index (κ2) is 4.17. The van der Waals surface area contributed by atoms with Crippen LogP contribution >= 0.6 is 0 Å². The lowest BCUT2D eigenvalue weighted by molar-refractivity contribution is -0.0273. The molecule has 0 aliphatic carbocycles. The first-order valence-electron chi connectivity index (χ1n) is 5.83. The SMILES string of the molecule is CC1CCCN1C1(CN)CCOCC1. The molecule has 0 aromatic rings. The zero-order valence-electron chi connectivity index (χ0n) is 9.17.